The maximum atomic E-state index is 3.47. The van der Waals surface area contributed by atoms with Crippen LogP contribution in [0.25, 0.3) is 0 Å². The molecule has 60 valence electrons. The standard InChI is InChI=1S/C8H18N2/c1-7(2)8-4-3-5-9-6-10-8/h7-10H,3-6H2,1-2H3. The van der Waals surface area contributed by atoms with Crippen molar-refractivity contribution < 1.29 is 0 Å². The van der Waals surface area contributed by atoms with Gasteiger partial charge in [0.15, 0.2) is 0 Å². The average molecular weight is 142 g/mol. The third-order valence-electron chi connectivity index (χ3n) is 2.16. The van der Waals surface area contributed by atoms with E-state index in [1.165, 1.54) is 19.4 Å². The highest BCUT2D eigenvalue weighted by Crippen LogP contribution is 2.08. The molecule has 2 heteroatoms. The molecule has 0 radical (unpaired) electrons. The van der Waals surface area contributed by atoms with Gasteiger partial charge in [0, 0.05) is 12.7 Å². The summed E-state index contributed by atoms with van der Waals surface area (Å²) in [5.74, 6) is 0.778. The first-order valence-corrected chi connectivity index (χ1v) is 4.25. The highest BCUT2D eigenvalue weighted by Gasteiger charge is 2.13. The van der Waals surface area contributed by atoms with Crippen molar-refractivity contribution in [2.24, 2.45) is 5.92 Å². The molecular formula is C8H18N2. The summed E-state index contributed by atoms with van der Waals surface area (Å²) in [4.78, 5) is 0. The van der Waals surface area contributed by atoms with Gasteiger partial charge in [0.05, 0.1) is 0 Å². The molecule has 0 amide bonds. The van der Waals surface area contributed by atoms with Crippen molar-refractivity contribution in [3.05, 3.63) is 0 Å². The van der Waals surface area contributed by atoms with E-state index in [0.29, 0.717) is 0 Å². The van der Waals surface area contributed by atoms with Crippen LogP contribution in [0, 0.1) is 5.92 Å². The van der Waals surface area contributed by atoms with Gasteiger partial charge in [0.1, 0.15) is 0 Å². The molecule has 10 heavy (non-hydrogen) atoms. The van der Waals surface area contributed by atoms with Gasteiger partial charge < -0.3 is 10.6 Å². The lowest BCUT2D eigenvalue weighted by Gasteiger charge is -2.18. The van der Waals surface area contributed by atoms with E-state index in [1.807, 2.05) is 0 Å². The molecule has 1 fully saturated rings. The van der Waals surface area contributed by atoms with Crippen LogP contribution in [-0.4, -0.2) is 19.3 Å². The molecule has 0 saturated carbocycles. The van der Waals surface area contributed by atoms with Gasteiger partial charge in [0.25, 0.3) is 0 Å². The van der Waals surface area contributed by atoms with Gasteiger partial charge in [-0.05, 0) is 25.3 Å². The fourth-order valence-electron chi connectivity index (χ4n) is 1.41. The molecule has 1 atom stereocenters. The summed E-state index contributed by atoms with van der Waals surface area (Å²) < 4.78 is 0. The van der Waals surface area contributed by atoms with E-state index in [9.17, 15) is 0 Å². The average Bonchev–Trinajstić information content (AvgIpc) is 2.12. The molecule has 2 N–H and O–H groups in total. The van der Waals surface area contributed by atoms with Crippen LogP contribution in [0.2, 0.25) is 0 Å². The first-order chi connectivity index (χ1) is 4.80. The molecule has 1 unspecified atom stereocenters. The minimum atomic E-state index is 0.731. The molecule has 1 saturated heterocycles. The van der Waals surface area contributed by atoms with E-state index in [4.69, 9.17) is 0 Å². The minimum absolute atomic E-state index is 0.731. The van der Waals surface area contributed by atoms with Crippen molar-refractivity contribution in [3.63, 3.8) is 0 Å². The predicted molar refractivity (Wildman–Crippen MR) is 43.9 cm³/mol. The van der Waals surface area contributed by atoms with Gasteiger partial charge in [-0.1, -0.05) is 13.8 Å². The molecule has 0 spiro atoms. The SMILES string of the molecule is CC(C)C1CCCNCN1. The summed E-state index contributed by atoms with van der Waals surface area (Å²) in [5.41, 5.74) is 0. The Bertz CT molecular complexity index is 83.3. The van der Waals surface area contributed by atoms with Crippen molar-refractivity contribution in [1.82, 2.24) is 10.6 Å². The zero-order valence-corrected chi connectivity index (χ0v) is 6.98. The lowest BCUT2D eigenvalue weighted by atomic mass is 10.0. The van der Waals surface area contributed by atoms with Gasteiger partial charge >= 0.3 is 0 Å². The Hall–Kier alpha value is -0.0800. The zero-order valence-electron chi connectivity index (χ0n) is 6.98. The van der Waals surface area contributed by atoms with Crippen molar-refractivity contribution in [2.45, 2.75) is 32.7 Å². The van der Waals surface area contributed by atoms with Crippen molar-refractivity contribution in [1.29, 1.82) is 0 Å². The highest BCUT2D eigenvalue weighted by molar-refractivity contribution is 4.72. The van der Waals surface area contributed by atoms with Gasteiger partial charge in [-0.2, -0.15) is 0 Å². The predicted octanol–water partition coefficient (Wildman–Crippen LogP) is 0.942. The first kappa shape index (κ1) is 8.02. The van der Waals surface area contributed by atoms with E-state index in [0.717, 1.165) is 18.6 Å². The summed E-state index contributed by atoms with van der Waals surface area (Å²) in [7, 11) is 0. The molecule has 0 aromatic heterocycles. The fraction of sp³-hybridized carbons (Fsp3) is 1.00. The molecular weight excluding hydrogens is 124 g/mol. The largest absolute Gasteiger partial charge is 0.304 e. The zero-order chi connectivity index (χ0) is 7.40. The van der Waals surface area contributed by atoms with Crippen molar-refractivity contribution in [3.8, 4) is 0 Å². The molecule has 2 nitrogen and oxygen atoms in total. The molecule has 1 heterocycles. The van der Waals surface area contributed by atoms with Crippen LogP contribution in [-0.2, 0) is 0 Å². The number of hydrogen-bond acceptors (Lipinski definition) is 2. The Morgan fingerprint density at radius 1 is 1.40 bits per heavy atom. The lowest BCUT2D eigenvalue weighted by molar-refractivity contribution is 0.392. The Morgan fingerprint density at radius 3 is 2.90 bits per heavy atom. The van der Waals surface area contributed by atoms with Crippen LogP contribution >= 0.6 is 0 Å². The van der Waals surface area contributed by atoms with Crippen molar-refractivity contribution >= 4 is 0 Å². The lowest BCUT2D eigenvalue weighted by Crippen LogP contribution is -2.36. The number of nitrogens with one attached hydrogen (secondary N) is 2. The monoisotopic (exact) mass is 142 g/mol. The summed E-state index contributed by atoms with van der Waals surface area (Å²) in [6.45, 7) is 6.73. The Labute approximate surface area is 63.4 Å². The van der Waals surface area contributed by atoms with Crippen LogP contribution in [0.3, 0.4) is 0 Å². The van der Waals surface area contributed by atoms with Gasteiger partial charge in [-0.25, -0.2) is 0 Å². The van der Waals surface area contributed by atoms with E-state index >= 15 is 0 Å². The van der Waals surface area contributed by atoms with Crippen LogP contribution in [0.5, 0.6) is 0 Å². The second-order valence-electron chi connectivity index (χ2n) is 3.37. The summed E-state index contributed by atoms with van der Waals surface area (Å²) in [6, 6.07) is 0.731. The third kappa shape index (κ3) is 2.27. The van der Waals surface area contributed by atoms with Crippen LogP contribution in [0.4, 0.5) is 0 Å². The molecule has 1 aliphatic rings. The second-order valence-corrected chi connectivity index (χ2v) is 3.37. The third-order valence-corrected chi connectivity index (χ3v) is 2.16. The molecule has 0 aromatic carbocycles. The number of rotatable bonds is 1. The second kappa shape index (κ2) is 3.94. The quantitative estimate of drug-likeness (QED) is 0.569. The Kier molecular flexibility index (Phi) is 3.16. The summed E-state index contributed by atoms with van der Waals surface area (Å²) in [6.07, 6.45) is 2.64. The van der Waals surface area contributed by atoms with E-state index in [-0.39, 0.29) is 0 Å². The Morgan fingerprint density at radius 2 is 2.20 bits per heavy atom. The van der Waals surface area contributed by atoms with Crippen LogP contribution in [0.1, 0.15) is 26.7 Å². The van der Waals surface area contributed by atoms with Crippen LogP contribution in [0.15, 0.2) is 0 Å². The maximum Gasteiger partial charge on any atom is 0.0456 e. The van der Waals surface area contributed by atoms with Gasteiger partial charge in [-0.3, -0.25) is 0 Å². The Balaban J connectivity index is 2.28. The van der Waals surface area contributed by atoms with Crippen LogP contribution < -0.4 is 10.6 Å². The minimum Gasteiger partial charge on any atom is -0.304 e. The van der Waals surface area contributed by atoms with E-state index in [2.05, 4.69) is 24.5 Å². The maximum absolute atomic E-state index is 3.47. The normalized spacial score (nSPS) is 28.5. The smallest absolute Gasteiger partial charge is 0.0456 e. The van der Waals surface area contributed by atoms with Gasteiger partial charge in [0.2, 0.25) is 0 Å². The van der Waals surface area contributed by atoms with E-state index in [1.54, 1.807) is 0 Å². The summed E-state index contributed by atoms with van der Waals surface area (Å²) in [5, 5.41) is 6.79. The molecule has 0 aromatic rings. The van der Waals surface area contributed by atoms with Gasteiger partial charge in [-0.15, -0.1) is 0 Å². The topological polar surface area (TPSA) is 24.1 Å². The molecule has 1 rings (SSSR count). The first-order valence-electron chi connectivity index (χ1n) is 4.25. The van der Waals surface area contributed by atoms with E-state index < -0.39 is 0 Å². The highest BCUT2D eigenvalue weighted by atomic mass is 15.1. The fourth-order valence-corrected chi connectivity index (χ4v) is 1.41. The summed E-state index contributed by atoms with van der Waals surface area (Å²) >= 11 is 0. The number of hydrogen-bond donors (Lipinski definition) is 2. The molecule has 0 bridgehead atoms. The molecule has 0 aliphatic carbocycles. The van der Waals surface area contributed by atoms with Crippen molar-refractivity contribution in [2.75, 3.05) is 13.2 Å². The molecule has 1 aliphatic heterocycles.